The minimum atomic E-state index is -0.576. The third kappa shape index (κ3) is 6.87. The van der Waals surface area contributed by atoms with E-state index in [9.17, 15) is 14.4 Å². The fourth-order valence-electron chi connectivity index (χ4n) is 3.05. The summed E-state index contributed by atoms with van der Waals surface area (Å²) in [5.74, 6) is -1.58. The molecule has 176 valence electrons. The molecule has 1 heterocycles. The summed E-state index contributed by atoms with van der Waals surface area (Å²) < 4.78 is 5.04. The number of ether oxygens (including phenoxy) is 1. The van der Waals surface area contributed by atoms with Crippen LogP contribution in [0.25, 0.3) is 0 Å². The average Bonchev–Trinajstić information content (AvgIpc) is 3.27. The van der Waals surface area contributed by atoms with Crippen LogP contribution in [0.4, 0.5) is 10.8 Å². The molecule has 0 radical (unpaired) electrons. The van der Waals surface area contributed by atoms with Crippen LogP contribution >= 0.6 is 11.3 Å². The lowest BCUT2D eigenvalue weighted by atomic mass is 10.0. The SMILES string of the molecule is CCOC(=O)CC(NC(=O)c1cccc(NC(=O)c2csc(NC(=N)N)n2)c1)c1ccccc1. The highest BCUT2D eigenvalue weighted by molar-refractivity contribution is 7.14. The van der Waals surface area contributed by atoms with E-state index < -0.39 is 23.8 Å². The fourth-order valence-corrected chi connectivity index (χ4v) is 3.75. The molecule has 3 aromatic rings. The molecule has 34 heavy (non-hydrogen) atoms. The normalized spacial score (nSPS) is 11.2. The number of rotatable bonds is 9. The van der Waals surface area contributed by atoms with Crippen LogP contribution in [-0.2, 0) is 9.53 Å². The van der Waals surface area contributed by atoms with Crippen LogP contribution in [0.5, 0.6) is 0 Å². The summed E-state index contributed by atoms with van der Waals surface area (Å²) in [6.07, 6.45) is -0.0134. The Morgan fingerprint density at radius 2 is 1.85 bits per heavy atom. The zero-order chi connectivity index (χ0) is 24.5. The van der Waals surface area contributed by atoms with Gasteiger partial charge < -0.3 is 26.4 Å². The van der Waals surface area contributed by atoms with E-state index in [1.54, 1.807) is 25.1 Å². The molecule has 0 fully saturated rings. The lowest BCUT2D eigenvalue weighted by molar-refractivity contribution is -0.143. The van der Waals surface area contributed by atoms with Crippen LogP contribution in [-0.4, -0.2) is 35.3 Å². The minimum Gasteiger partial charge on any atom is -0.466 e. The molecule has 0 saturated carbocycles. The van der Waals surface area contributed by atoms with Gasteiger partial charge in [-0.15, -0.1) is 11.3 Å². The summed E-state index contributed by atoms with van der Waals surface area (Å²) in [7, 11) is 0. The Bertz CT molecular complexity index is 1180. The predicted octanol–water partition coefficient (Wildman–Crippen LogP) is 3.13. The van der Waals surface area contributed by atoms with Crippen LogP contribution in [0.3, 0.4) is 0 Å². The van der Waals surface area contributed by atoms with Gasteiger partial charge in [0.2, 0.25) is 0 Å². The molecule has 6 N–H and O–H groups in total. The van der Waals surface area contributed by atoms with Crippen LogP contribution in [0.2, 0.25) is 0 Å². The van der Waals surface area contributed by atoms with E-state index in [-0.39, 0.29) is 24.7 Å². The Morgan fingerprint density at radius 3 is 2.56 bits per heavy atom. The van der Waals surface area contributed by atoms with Gasteiger partial charge in [0, 0.05) is 16.6 Å². The monoisotopic (exact) mass is 480 g/mol. The second-order valence-corrected chi connectivity index (χ2v) is 7.92. The Morgan fingerprint density at radius 1 is 1.09 bits per heavy atom. The van der Waals surface area contributed by atoms with Crippen LogP contribution in [0.1, 0.15) is 45.8 Å². The number of guanidine groups is 1. The Kier molecular flexibility index (Phi) is 8.30. The summed E-state index contributed by atoms with van der Waals surface area (Å²) >= 11 is 1.13. The standard InChI is InChI=1S/C23H24N6O4S/c1-2-33-19(30)12-17(14-7-4-3-5-8-14)27-20(31)15-9-6-10-16(11-15)26-21(32)18-13-34-23(28-18)29-22(24)25/h3-11,13,17H,2,12H2,1H3,(H,26,32)(H,27,31)(H4,24,25,28,29). The van der Waals surface area contributed by atoms with Gasteiger partial charge in [-0.05, 0) is 30.7 Å². The molecule has 1 unspecified atom stereocenters. The zero-order valence-electron chi connectivity index (χ0n) is 18.3. The number of esters is 1. The maximum atomic E-state index is 13.0. The van der Waals surface area contributed by atoms with E-state index in [4.69, 9.17) is 15.9 Å². The van der Waals surface area contributed by atoms with E-state index in [2.05, 4.69) is 20.9 Å². The van der Waals surface area contributed by atoms with Crippen molar-refractivity contribution in [3.63, 3.8) is 0 Å². The third-order valence-corrected chi connectivity index (χ3v) is 5.30. The zero-order valence-corrected chi connectivity index (χ0v) is 19.1. The largest absolute Gasteiger partial charge is 0.466 e. The van der Waals surface area contributed by atoms with E-state index in [1.165, 1.54) is 11.4 Å². The molecule has 2 aromatic carbocycles. The summed E-state index contributed by atoms with van der Waals surface area (Å²) in [6.45, 7) is 1.97. The highest BCUT2D eigenvalue weighted by Gasteiger charge is 2.20. The number of amides is 2. The second-order valence-electron chi connectivity index (χ2n) is 7.06. The topological polar surface area (TPSA) is 159 Å². The van der Waals surface area contributed by atoms with Gasteiger partial charge in [-0.25, -0.2) is 4.98 Å². The first kappa shape index (κ1) is 24.4. The van der Waals surface area contributed by atoms with Crippen molar-refractivity contribution in [1.82, 2.24) is 10.3 Å². The molecule has 0 spiro atoms. The van der Waals surface area contributed by atoms with Gasteiger partial charge in [-0.1, -0.05) is 36.4 Å². The van der Waals surface area contributed by atoms with Gasteiger partial charge >= 0.3 is 5.97 Å². The number of hydrogen-bond donors (Lipinski definition) is 5. The number of thiazole rings is 1. The predicted molar refractivity (Wildman–Crippen MR) is 130 cm³/mol. The number of nitrogens with two attached hydrogens (primary N) is 1. The molecule has 11 heteroatoms. The molecule has 0 aliphatic rings. The molecule has 1 aromatic heterocycles. The summed E-state index contributed by atoms with van der Waals surface area (Å²) in [4.78, 5) is 41.6. The van der Waals surface area contributed by atoms with Gasteiger partial charge in [-0.3, -0.25) is 19.8 Å². The molecule has 1 atom stereocenters. The number of nitrogens with one attached hydrogen (secondary N) is 4. The van der Waals surface area contributed by atoms with E-state index in [0.29, 0.717) is 16.4 Å². The van der Waals surface area contributed by atoms with Crippen molar-refractivity contribution in [2.45, 2.75) is 19.4 Å². The summed E-state index contributed by atoms with van der Waals surface area (Å²) in [6, 6.07) is 15.0. The number of aromatic nitrogens is 1. The molecule has 3 rings (SSSR count). The van der Waals surface area contributed by atoms with Crippen molar-refractivity contribution in [3.8, 4) is 0 Å². The van der Waals surface area contributed by atoms with Gasteiger partial charge in [0.05, 0.1) is 19.1 Å². The van der Waals surface area contributed by atoms with Gasteiger partial charge in [0.25, 0.3) is 11.8 Å². The second kappa shape index (κ2) is 11.6. The number of hydrogen-bond acceptors (Lipinski definition) is 7. The van der Waals surface area contributed by atoms with Crippen molar-refractivity contribution in [1.29, 1.82) is 5.41 Å². The highest BCUT2D eigenvalue weighted by atomic mass is 32.1. The van der Waals surface area contributed by atoms with Crippen molar-refractivity contribution in [3.05, 3.63) is 76.8 Å². The number of carbonyl (C=O) groups is 3. The average molecular weight is 481 g/mol. The van der Waals surface area contributed by atoms with Crippen molar-refractivity contribution in [2.75, 3.05) is 17.2 Å². The van der Waals surface area contributed by atoms with Crippen LogP contribution in [0.15, 0.2) is 60.0 Å². The highest BCUT2D eigenvalue weighted by Crippen LogP contribution is 2.20. The van der Waals surface area contributed by atoms with E-state index >= 15 is 0 Å². The quantitative estimate of drug-likeness (QED) is 0.179. The van der Waals surface area contributed by atoms with Crippen molar-refractivity contribution >= 4 is 45.9 Å². The number of benzene rings is 2. The molecule has 10 nitrogen and oxygen atoms in total. The lowest BCUT2D eigenvalue weighted by Crippen LogP contribution is -2.30. The maximum Gasteiger partial charge on any atom is 0.308 e. The third-order valence-electron chi connectivity index (χ3n) is 4.54. The molecule has 0 aliphatic heterocycles. The molecule has 0 saturated heterocycles. The van der Waals surface area contributed by atoms with E-state index in [1.807, 2.05) is 30.3 Å². The number of carbonyl (C=O) groups excluding carboxylic acids is 3. The first-order valence-electron chi connectivity index (χ1n) is 10.3. The Balaban J connectivity index is 1.71. The Labute approximate surface area is 200 Å². The fraction of sp³-hybridized carbons (Fsp3) is 0.174. The first-order valence-corrected chi connectivity index (χ1v) is 11.2. The van der Waals surface area contributed by atoms with Crippen molar-refractivity contribution in [2.24, 2.45) is 5.73 Å². The molecule has 0 bridgehead atoms. The summed E-state index contributed by atoms with van der Waals surface area (Å²) in [5.41, 5.74) is 6.88. The number of anilines is 2. The minimum absolute atomic E-state index is 0.0134. The smallest absolute Gasteiger partial charge is 0.308 e. The van der Waals surface area contributed by atoms with Gasteiger partial charge in [0.15, 0.2) is 11.1 Å². The molecule has 0 aliphatic carbocycles. The Hall–Kier alpha value is -4.25. The van der Waals surface area contributed by atoms with Gasteiger partial charge in [0.1, 0.15) is 5.69 Å². The lowest BCUT2D eigenvalue weighted by Gasteiger charge is -2.19. The van der Waals surface area contributed by atoms with E-state index in [0.717, 1.165) is 16.9 Å². The van der Waals surface area contributed by atoms with Crippen LogP contribution < -0.4 is 21.7 Å². The molecular formula is C23H24N6O4S. The first-order chi connectivity index (χ1) is 16.4. The maximum absolute atomic E-state index is 13.0. The molecular weight excluding hydrogens is 456 g/mol. The van der Waals surface area contributed by atoms with Gasteiger partial charge in [-0.2, -0.15) is 0 Å². The van der Waals surface area contributed by atoms with Crippen LogP contribution in [0, 0.1) is 5.41 Å². The van der Waals surface area contributed by atoms with Crippen molar-refractivity contribution < 1.29 is 19.1 Å². The number of nitrogens with zero attached hydrogens (tertiary/aromatic N) is 1. The summed E-state index contributed by atoms with van der Waals surface area (Å²) in [5, 5.41) is 17.2. The molecule has 2 amide bonds.